The Kier molecular flexibility index (Phi) is 7.20. The lowest BCUT2D eigenvalue weighted by molar-refractivity contribution is -0.145. The molecule has 0 N–H and O–H groups in total. The molecule has 0 amide bonds. The third kappa shape index (κ3) is 5.43. The van der Waals surface area contributed by atoms with Crippen molar-refractivity contribution < 1.29 is 9.53 Å². The third-order valence-corrected chi connectivity index (χ3v) is 4.74. The average Bonchev–Trinajstić information content (AvgIpc) is 3.08. The summed E-state index contributed by atoms with van der Waals surface area (Å²) in [6.07, 6.45) is 8.99. The molecule has 2 rings (SSSR count). The predicted molar refractivity (Wildman–Crippen MR) is 94.2 cm³/mol. The molecule has 124 valence electrons. The maximum atomic E-state index is 11.6. The normalized spacial score (nSPS) is 19.9. The van der Waals surface area contributed by atoms with Crippen LogP contribution >= 0.6 is 0 Å². The number of esters is 1. The topological polar surface area (TPSA) is 26.3 Å². The molecule has 0 spiro atoms. The van der Waals surface area contributed by atoms with Crippen LogP contribution in [-0.4, -0.2) is 13.1 Å². The van der Waals surface area contributed by atoms with Gasteiger partial charge in [0.15, 0.2) is 0 Å². The SMILES string of the molecule is CCCCCCC#Cc1ccc(C2CCC(C(=O)OC)C2)cc1. The van der Waals surface area contributed by atoms with Crippen LogP contribution in [-0.2, 0) is 9.53 Å². The number of hydrogen-bond acceptors (Lipinski definition) is 2. The lowest BCUT2D eigenvalue weighted by Crippen LogP contribution is -2.12. The van der Waals surface area contributed by atoms with Gasteiger partial charge in [0, 0.05) is 12.0 Å². The molecule has 1 saturated carbocycles. The van der Waals surface area contributed by atoms with Gasteiger partial charge in [0.05, 0.1) is 13.0 Å². The van der Waals surface area contributed by atoms with E-state index in [0.717, 1.165) is 31.2 Å². The molecule has 2 heteroatoms. The van der Waals surface area contributed by atoms with E-state index in [0.29, 0.717) is 5.92 Å². The van der Waals surface area contributed by atoms with Gasteiger partial charge in [0.1, 0.15) is 0 Å². The van der Waals surface area contributed by atoms with Gasteiger partial charge in [0.2, 0.25) is 0 Å². The second-order valence-corrected chi connectivity index (χ2v) is 6.46. The molecule has 1 aromatic carbocycles. The standard InChI is InChI=1S/C21H28O2/c1-3-4-5-6-7-8-9-17-10-12-18(13-11-17)19-14-15-20(16-19)21(22)23-2/h10-13,19-20H,3-7,14-16H2,1-2H3. The molecule has 0 aliphatic heterocycles. The second-order valence-electron chi connectivity index (χ2n) is 6.46. The maximum Gasteiger partial charge on any atom is 0.308 e. The van der Waals surface area contributed by atoms with Crippen molar-refractivity contribution in [1.82, 2.24) is 0 Å². The van der Waals surface area contributed by atoms with Crippen molar-refractivity contribution in [3.8, 4) is 11.8 Å². The number of benzene rings is 1. The van der Waals surface area contributed by atoms with E-state index in [1.54, 1.807) is 0 Å². The molecule has 2 nitrogen and oxygen atoms in total. The van der Waals surface area contributed by atoms with Gasteiger partial charge < -0.3 is 4.74 Å². The van der Waals surface area contributed by atoms with Crippen molar-refractivity contribution in [1.29, 1.82) is 0 Å². The first-order chi connectivity index (χ1) is 11.2. The fourth-order valence-electron chi connectivity index (χ4n) is 3.31. The van der Waals surface area contributed by atoms with E-state index in [4.69, 9.17) is 4.74 Å². The van der Waals surface area contributed by atoms with E-state index >= 15 is 0 Å². The number of hydrogen-bond donors (Lipinski definition) is 0. The summed E-state index contributed by atoms with van der Waals surface area (Å²) in [5.74, 6) is 7.02. The predicted octanol–water partition coefficient (Wildman–Crippen LogP) is 5.07. The van der Waals surface area contributed by atoms with Gasteiger partial charge in [-0.15, -0.1) is 0 Å². The van der Waals surface area contributed by atoms with Crippen LogP contribution in [0.5, 0.6) is 0 Å². The number of methoxy groups -OCH3 is 1. The van der Waals surface area contributed by atoms with Crippen molar-refractivity contribution >= 4 is 5.97 Å². The fourth-order valence-corrected chi connectivity index (χ4v) is 3.31. The van der Waals surface area contributed by atoms with Crippen LogP contribution in [0.25, 0.3) is 0 Å². The summed E-state index contributed by atoms with van der Waals surface area (Å²) < 4.78 is 4.86. The Hall–Kier alpha value is -1.75. The summed E-state index contributed by atoms with van der Waals surface area (Å²) in [4.78, 5) is 11.6. The molecule has 1 aliphatic rings. The van der Waals surface area contributed by atoms with Crippen molar-refractivity contribution in [2.45, 2.75) is 64.2 Å². The minimum atomic E-state index is -0.0574. The molecule has 1 aromatic rings. The highest BCUT2D eigenvalue weighted by molar-refractivity contribution is 5.72. The molecule has 0 heterocycles. The van der Waals surface area contributed by atoms with E-state index < -0.39 is 0 Å². The number of rotatable bonds is 6. The van der Waals surface area contributed by atoms with Crippen LogP contribution in [0.3, 0.4) is 0 Å². The highest BCUT2D eigenvalue weighted by Crippen LogP contribution is 2.38. The number of carbonyl (C=O) groups excluding carboxylic acids is 1. The van der Waals surface area contributed by atoms with Gasteiger partial charge in [0.25, 0.3) is 0 Å². The smallest absolute Gasteiger partial charge is 0.308 e. The summed E-state index contributed by atoms with van der Waals surface area (Å²) in [6, 6.07) is 8.57. The monoisotopic (exact) mass is 312 g/mol. The van der Waals surface area contributed by atoms with Gasteiger partial charge in [-0.1, -0.05) is 50.2 Å². The minimum Gasteiger partial charge on any atom is -0.469 e. The van der Waals surface area contributed by atoms with Gasteiger partial charge in [-0.3, -0.25) is 4.79 Å². The molecule has 0 aromatic heterocycles. The Morgan fingerprint density at radius 1 is 1.17 bits per heavy atom. The van der Waals surface area contributed by atoms with E-state index in [2.05, 4.69) is 43.0 Å². The van der Waals surface area contributed by atoms with Crippen LogP contribution < -0.4 is 0 Å². The first-order valence-corrected chi connectivity index (χ1v) is 8.91. The lowest BCUT2D eigenvalue weighted by Gasteiger charge is -2.10. The minimum absolute atomic E-state index is 0.0574. The average molecular weight is 312 g/mol. The number of carbonyl (C=O) groups is 1. The Morgan fingerprint density at radius 2 is 1.96 bits per heavy atom. The molecular formula is C21H28O2. The van der Waals surface area contributed by atoms with Crippen molar-refractivity contribution in [2.24, 2.45) is 5.92 Å². The van der Waals surface area contributed by atoms with Gasteiger partial charge in [-0.25, -0.2) is 0 Å². The number of unbranched alkanes of at least 4 members (excludes halogenated alkanes) is 4. The van der Waals surface area contributed by atoms with Gasteiger partial charge >= 0.3 is 5.97 Å². The zero-order valence-corrected chi connectivity index (χ0v) is 14.4. The third-order valence-electron chi connectivity index (χ3n) is 4.74. The second kappa shape index (κ2) is 9.40. The largest absolute Gasteiger partial charge is 0.469 e. The van der Waals surface area contributed by atoms with Gasteiger partial charge in [-0.2, -0.15) is 0 Å². The number of ether oxygens (including phenoxy) is 1. The van der Waals surface area contributed by atoms with E-state index in [9.17, 15) is 4.79 Å². The van der Waals surface area contributed by atoms with Crippen molar-refractivity contribution in [3.63, 3.8) is 0 Å². The van der Waals surface area contributed by atoms with Crippen LogP contribution in [0.1, 0.15) is 75.3 Å². The maximum absolute atomic E-state index is 11.6. The first-order valence-electron chi connectivity index (χ1n) is 8.91. The Bertz CT molecular complexity index is 547. The summed E-state index contributed by atoms with van der Waals surface area (Å²) in [5.41, 5.74) is 2.41. The Labute approximate surface area is 140 Å². The van der Waals surface area contributed by atoms with Crippen molar-refractivity contribution in [2.75, 3.05) is 7.11 Å². The molecule has 0 radical (unpaired) electrons. The van der Waals surface area contributed by atoms with E-state index in [-0.39, 0.29) is 11.9 Å². The highest BCUT2D eigenvalue weighted by Gasteiger charge is 2.31. The molecule has 0 bridgehead atoms. The fraction of sp³-hybridized carbons (Fsp3) is 0.571. The van der Waals surface area contributed by atoms with Crippen LogP contribution in [0.4, 0.5) is 0 Å². The van der Waals surface area contributed by atoms with Gasteiger partial charge in [-0.05, 0) is 49.3 Å². The van der Waals surface area contributed by atoms with E-state index in [1.807, 2.05) is 0 Å². The summed E-state index contributed by atoms with van der Waals surface area (Å²) in [7, 11) is 1.48. The van der Waals surface area contributed by atoms with Crippen LogP contribution in [0.2, 0.25) is 0 Å². The molecule has 1 fully saturated rings. The summed E-state index contributed by atoms with van der Waals surface area (Å²) in [5, 5.41) is 0. The first kappa shape index (κ1) is 17.6. The molecule has 0 saturated heterocycles. The van der Waals surface area contributed by atoms with E-state index in [1.165, 1.54) is 38.4 Å². The lowest BCUT2D eigenvalue weighted by atomic mass is 9.95. The zero-order chi connectivity index (χ0) is 16.5. The molecular weight excluding hydrogens is 284 g/mol. The Morgan fingerprint density at radius 3 is 2.65 bits per heavy atom. The van der Waals surface area contributed by atoms with Crippen molar-refractivity contribution in [3.05, 3.63) is 35.4 Å². The summed E-state index contributed by atoms with van der Waals surface area (Å²) in [6.45, 7) is 2.23. The Balaban J connectivity index is 1.83. The van der Waals surface area contributed by atoms with Crippen LogP contribution in [0.15, 0.2) is 24.3 Å². The molecule has 1 aliphatic carbocycles. The molecule has 23 heavy (non-hydrogen) atoms. The van der Waals surface area contributed by atoms with Crippen LogP contribution in [0, 0.1) is 17.8 Å². The molecule has 2 unspecified atom stereocenters. The summed E-state index contributed by atoms with van der Waals surface area (Å²) >= 11 is 0. The zero-order valence-electron chi connectivity index (χ0n) is 14.4. The molecule has 2 atom stereocenters. The quantitative estimate of drug-likeness (QED) is 0.417. The highest BCUT2D eigenvalue weighted by atomic mass is 16.5.